The van der Waals surface area contributed by atoms with Crippen LogP contribution >= 0.6 is 0 Å². The first-order valence-corrected chi connectivity index (χ1v) is 6.28. The monoisotopic (exact) mass is 315 g/mol. The lowest BCUT2D eigenvalue weighted by Gasteiger charge is -2.35. The van der Waals surface area contributed by atoms with E-state index < -0.39 is 46.3 Å². The zero-order valence-electron chi connectivity index (χ0n) is 11.2. The third kappa shape index (κ3) is 1.80. The molecule has 3 rings (SSSR count). The summed E-state index contributed by atoms with van der Waals surface area (Å²) in [6, 6.07) is 4.07. The molecule has 23 heavy (non-hydrogen) atoms. The topological polar surface area (TPSA) is 153 Å². The van der Waals surface area contributed by atoms with Crippen LogP contribution in [0.1, 0.15) is 15.9 Å². The molecule has 1 heterocycles. The van der Waals surface area contributed by atoms with Gasteiger partial charge in [0.25, 0.3) is 17.4 Å². The van der Waals surface area contributed by atoms with Crippen molar-refractivity contribution in [3.8, 4) is 0 Å². The predicted octanol–water partition coefficient (Wildman–Crippen LogP) is -2.38. The van der Waals surface area contributed by atoms with E-state index in [0.717, 1.165) is 0 Å². The summed E-state index contributed by atoms with van der Waals surface area (Å²) in [4.78, 5) is 59.0. The maximum atomic E-state index is 12.4. The zero-order chi connectivity index (χ0) is 16.9. The molecule has 9 heteroatoms. The predicted molar refractivity (Wildman–Crippen MR) is 69.3 cm³/mol. The first kappa shape index (κ1) is 14.6. The van der Waals surface area contributed by atoms with Crippen LogP contribution in [0.25, 0.3) is 5.76 Å². The molecule has 0 spiro atoms. The number of rotatable bonds is 1. The smallest absolute Gasteiger partial charge is 0.328 e. The highest BCUT2D eigenvalue weighted by molar-refractivity contribution is 6.54. The molecule has 116 valence electrons. The second-order valence-corrected chi connectivity index (χ2v) is 4.86. The second kappa shape index (κ2) is 4.58. The fourth-order valence-corrected chi connectivity index (χ4v) is 2.43. The van der Waals surface area contributed by atoms with Crippen LogP contribution in [-0.2, 0) is 14.4 Å². The molecule has 0 aromatic heterocycles. The average Bonchev–Trinajstić information content (AvgIpc) is 2.51. The van der Waals surface area contributed by atoms with E-state index in [1.807, 2.05) is 0 Å². The maximum absolute atomic E-state index is 12.4. The van der Waals surface area contributed by atoms with Crippen molar-refractivity contribution in [1.82, 2.24) is 10.6 Å². The summed E-state index contributed by atoms with van der Waals surface area (Å²) in [5, 5.41) is 25.9. The molecule has 1 saturated heterocycles. The van der Waals surface area contributed by atoms with Gasteiger partial charge < -0.3 is 10.2 Å². The van der Waals surface area contributed by atoms with E-state index in [-0.39, 0.29) is 11.1 Å². The minimum atomic E-state index is -3.26. The number of urea groups is 1. The second-order valence-electron chi connectivity index (χ2n) is 4.86. The molecule has 0 radical (unpaired) electrons. The highest BCUT2D eigenvalue weighted by Gasteiger charge is 2.56. The molecule has 1 fully saturated rings. The molecule has 0 saturated carbocycles. The van der Waals surface area contributed by atoms with E-state index in [4.69, 9.17) is 0 Å². The first-order valence-electron chi connectivity index (χ1n) is 6.28. The fraction of sp³-hybridized carbons (Fsp3) is 0.0714. The highest BCUT2D eigenvalue weighted by Crippen LogP contribution is 2.33. The van der Waals surface area contributed by atoms with Gasteiger partial charge in [-0.3, -0.25) is 29.8 Å². The third-order valence-electron chi connectivity index (χ3n) is 3.55. The van der Waals surface area contributed by atoms with E-state index >= 15 is 0 Å². The van der Waals surface area contributed by atoms with Gasteiger partial charge in [-0.25, -0.2) is 4.79 Å². The van der Waals surface area contributed by atoms with Crippen molar-refractivity contribution in [2.24, 2.45) is 0 Å². The van der Waals surface area contributed by atoms with Crippen molar-refractivity contribution in [3.63, 3.8) is 0 Å². The molecule has 3 N–H and O–H groups in total. The van der Waals surface area contributed by atoms with E-state index in [1.54, 1.807) is 10.6 Å². The zero-order valence-corrected chi connectivity index (χ0v) is 11.2. The number of ketones is 2. The van der Waals surface area contributed by atoms with Crippen molar-refractivity contribution in [3.05, 3.63) is 41.0 Å². The molecular weight excluding hydrogens is 308 g/mol. The van der Waals surface area contributed by atoms with E-state index in [0.29, 0.717) is 0 Å². The molecule has 1 aromatic carbocycles. The van der Waals surface area contributed by atoms with Gasteiger partial charge in [0.05, 0.1) is 0 Å². The largest absolute Gasteiger partial charge is 0.872 e. The number of barbiturate groups is 1. The summed E-state index contributed by atoms with van der Waals surface area (Å²) in [5.74, 6) is -6.89. The summed E-state index contributed by atoms with van der Waals surface area (Å²) in [5.41, 5.74) is -4.88. The van der Waals surface area contributed by atoms with Crippen molar-refractivity contribution < 1.29 is 34.2 Å². The Balaban J connectivity index is 2.28. The summed E-state index contributed by atoms with van der Waals surface area (Å²) < 4.78 is 0. The van der Waals surface area contributed by atoms with Gasteiger partial charge in [0.1, 0.15) is 0 Å². The minimum Gasteiger partial charge on any atom is -0.872 e. The number of imide groups is 2. The van der Waals surface area contributed by atoms with Crippen molar-refractivity contribution >= 4 is 35.2 Å². The van der Waals surface area contributed by atoms with Crippen LogP contribution in [0.4, 0.5) is 4.79 Å². The Morgan fingerprint density at radius 3 is 1.96 bits per heavy atom. The molecule has 1 aliphatic carbocycles. The Morgan fingerprint density at radius 1 is 0.870 bits per heavy atom. The molecule has 1 aliphatic heterocycles. The minimum absolute atomic E-state index is 0.192. The Bertz CT molecular complexity index is 832. The van der Waals surface area contributed by atoms with Gasteiger partial charge in [-0.1, -0.05) is 30.0 Å². The number of benzene rings is 1. The van der Waals surface area contributed by atoms with Gasteiger partial charge in [-0.05, 0) is 5.56 Å². The summed E-state index contributed by atoms with van der Waals surface area (Å²) in [6.45, 7) is 0. The summed E-state index contributed by atoms with van der Waals surface area (Å²) >= 11 is 0. The number of Topliss-reactive ketones (excluding diaryl/α,β-unsaturated/α-hetero) is 2. The average molecular weight is 315 g/mol. The van der Waals surface area contributed by atoms with E-state index in [1.165, 1.54) is 24.3 Å². The van der Waals surface area contributed by atoms with Gasteiger partial charge in [0, 0.05) is 11.1 Å². The van der Waals surface area contributed by atoms with Crippen molar-refractivity contribution in [2.75, 3.05) is 0 Å². The lowest BCUT2D eigenvalue weighted by Crippen LogP contribution is -2.69. The molecule has 0 unspecified atom stereocenters. The highest BCUT2D eigenvalue weighted by atomic mass is 16.3. The number of hydrogen-bond acceptors (Lipinski definition) is 7. The number of aliphatic hydroxyl groups is 1. The van der Waals surface area contributed by atoms with Crippen LogP contribution in [0.15, 0.2) is 29.8 Å². The molecule has 2 aliphatic rings. The van der Waals surface area contributed by atoms with Crippen LogP contribution in [0, 0.1) is 0 Å². The lowest BCUT2D eigenvalue weighted by molar-refractivity contribution is -0.246. The number of carbonyl (C=O) groups is 5. The van der Waals surface area contributed by atoms with E-state index in [2.05, 4.69) is 0 Å². The Morgan fingerprint density at radius 2 is 1.39 bits per heavy atom. The number of hydrogen-bond donors (Lipinski definition) is 3. The SMILES string of the molecule is O=C1NC(=O)C(O)(C2=C([O-])c3ccccc3C(=O)C2=O)C(=O)N1. The van der Waals surface area contributed by atoms with E-state index in [9.17, 15) is 34.2 Å². The van der Waals surface area contributed by atoms with Crippen LogP contribution < -0.4 is 15.7 Å². The van der Waals surface area contributed by atoms with Gasteiger partial charge in [0.15, 0.2) is 0 Å². The number of fused-ring (bicyclic) bond motifs is 1. The molecule has 1 aromatic rings. The lowest BCUT2D eigenvalue weighted by atomic mass is 9.78. The Labute approximate surface area is 127 Å². The molecule has 0 bridgehead atoms. The van der Waals surface area contributed by atoms with Crippen LogP contribution in [0.5, 0.6) is 0 Å². The number of carbonyl (C=O) groups excluding carboxylic acids is 5. The van der Waals surface area contributed by atoms with Gasteiger partial charge in [-0.15, -0.1) is 0 Å². The van der Waals surface area contributed by atoms with Gasteiger partial charge >= 0.3 is 6.03 Å². The maximum Gasteiger partial charge on any atom is 0.328 e. The van der Waals surface area contributed by atoms with Crippen LogP contribution in [-0.4, -0.2) is 40.1 Å². The summed E-state index contributed by atoms with van der Waals surface area (Å²) in [6.07, 6.45) is 0. The standard InChI is InChI=1S/C14H8N2O7/c17-8-5-3-1-2-4-6(5)9(18)10(19)7(8)14(23)11(20)15-13(22)16-12(14)21/h1-4,17,23H,(H2,15,16,20,21,22)/p-1. The summed E-state index contributed by atoms with van der Waals surface area (Å²) in [7, 11) is 0. The molecule has 9 nitrogen and oxygen atoms in total. The van der Waals surface area contributed by atoms with Crippen LogP contribution in [0.3, 0.4) is 0 Å². The first-order chi connectivity index (χ1) is 10.8. The van der Waals surface area contributed by atoms with Gasteiger partial charge in [0.2, 0.25) is 11.6 Å². The Kier molecular flexibility index (Phi) is 2.91. The third-order valence-corrected chi connectivity index (χ3v) is 3.55. The Hall–Kier alpha value is -3.33. The number of amides is 4. The quantitative estimate of drug-likeness (QED) is 0.386. The number of nitrogens with one attached hydrogen (secondary N) is 2. The van der Waals surface area contributed by atoms with Crippen molar-refractivity contribution in [1.29, 1.82) is 0 Å². The fourth-order valence-electron chi connectivity index (χ4n) is 2.43. The normalized spacial score (nSPS) is 20.1. The van der Waals surface area contributed by atoms with Gasteiger partial charge in [-0.2, -0.15) is 0 Å². The van der Waals surface area contributed by atoms with Crippen molar-refractivity contribution in [2.45, 2.75) is 5.60 Å². The molecule has 4 amide bonds. The van der Waals surface area contributed by atoms with Crippen LogP contribution in [0.2, 0.25) is 0 Å². The molecular formula is C14H7N2O7-. The molecule has 0 atom stereocenters.